The second-order valence-electron chi connectivity index (χ2n) is 3.34. The first kappa shape index (κ1) is 10.7. The molecule has 1 rings (SSSR count). The number of carbonyl (C=O) groups is 1. The zero-order valence-corrected chi connectivity index (χ0v) is 8.53. The molecule has 78 valence electrons. The van der Waals surface area contributed by atoms with Gasteiger partial charge in [0.05, 0.1) is 5.69 Å². The van der Waals surface area contributed by atoms with Crippen LogP contribution < -0.4 is 11.5 Å². The first-order chi connectivity index (χ1) is 6.54. The molecular weight excluding hydrogens is 180 g/mol. The van der Waals surface area contributed by atoms with E-state index < -0.39 is 0 Å². The highest BCUT2D eigenvalue weighted by atomic mass is 16.1. The minimum Gasteiger partial charge on any atom is -0.370 e. The highest BCUT2D eigenvalue weighted by Crippen LogP contribution is 2.17. The summed E-state index contributed by atoms with van der Waals surface area (Å²) in [5, 5.41) is 4.24. The minimum absolute atomic E-state index is 0.165. The summed E-state index contributed by atoms with van der Waals surface area (Å²) in [4.78, 5) is 10.7. The third kappa shape index (κ3) is 2.32. The Labute approximate surface area is 83.1 Å². The summed E-state index contributed by atoms with van der Waals surface area (Å²) in [6.07, 6.45) is 2.81. The number of hydrogen-bond acceptors (Lipinski definition) is 3. The van der Waals surface area contributed by atoms with Crippen LogP contribution in [0.3, 0.4) is 0 Å². The quantitative estimate of drug-likeness (QED) is 0.702. The van der Waals surface area contributed by atoms with Gasteiger partial charge in [0, 0.05) is 31.3 Å². The largest absolute Gasteiger partial charge is 0.370 e. The molecule has 1 atom stereocenters. The molecule has 1 heterocycles. The molecule has 0 saturated heterocycles. The third-order valence-corrected chi connectivity index (χ3v) is 2.09. The average molecular weight is 196 g/mol. The van der Waals surface area contributed by atoms with Crippen LogP contribution in [0.2, 0.25) is 0 Å². The number of amides is 1. The molecule has 0 aliphatic rings. The number of nitrogens with zero attached hydrogens (tertiary/aromatic N) is 2. The molecule has 0 unspecified atom stereocenters. The molecule has 1 amide bonds. The van der Waals surface area contributed by atoms with Crippen molar-refractivity contribution in [2.24, 2.45) is 18.5 Å². The van der Waals surface area contributed by atoms with Crippen LogP contribution in [-0.4, -0.2) is 15.7 Å². The van der Waals surface area contributed by atoms with Crippen LogP contribution in [0.15, 0.2) is 6.20 Å². The maximum atomic E-state index is 10.7. The van der Waals surface area contributed by atoms with Crippen molar-refractivity contribution in [1.29, 1.82) is 0 Å². The van der Waals surface area contributed by atoms with Gasteiger partial charge in [-0.1, -0.05) is 6.92 Å². The predicted octanol–water partition coefficient (Wildman–Crippen LogP) is -0.142. The lowest BCUT2D eigenvalue weighted by molar-refractivity contribution is -0.118. The Morgan fingerprint density at radius 3 is 2.86 bits per heavy atom. The van der Waals surface area contributed by atoms with Crippen LogP contribution in [-0.2, 0) is 18.3 Å². The molecule has 1 aromatic rings. The van der Waals surface area contributed by atoms with Crippen LogP contribution in [0.4, 0.5) is 0 Å². The first-order valence-electron chi connectivity index (χ1n) is 4.60. The highest BCUT2D eigenvalue weighted by molar-refractivity contribution is 5.74. The maximum Gasteiger partial charge on any atom is 0.219 e. The fourth-order valence-electron chi connectivity index (χ4n) is 1.46. The van der Waals surface area contributed by atoms with Crippen molar-refractivity contribution in [3.63, 3.8) is 0 Å². The van der Waals surface area contributed by atoms with Gasteiger partial charge in [-0.25, -0.2) is 0 Å². The highest BCUT2D eigenvalue weighted by Gasteiger charge is 2.15. The number of hydrogen-bond donors (Lipinski definition) is 2. The maximum absolute atomic E-state index is 10.7. The van der Waals surface area contributed by atoms with Gasteiger partial charge in [0.15, 0.2) is 0 Å². The number of rotatable bonds is 4. The Hall–Kier alpha value is -1.36. The van der Waals surface area contributed by atoms with Gasteiger partial charge in [-0.3, -0.25) is 9.48 Å². The van der Waals surface area contributed by atoms with E-state index in [1.54, 1.807) is 4.68 Å². The van der Waals surface area contributed by atoms with Gasteiger partial charge in [0.25, 0.3) is 0 Å². The zero-order valence-electron chi connectivity index (χ0n) is 8.53. The van der Waals surface area contributed by atoms with Crippen molar-refractivity contribution in [1.82, 2.24) is 9.78 Å². The van der Waals surface area contributed by atoms with Crippen LogP contribution >= 0.6 is 0 Å². The number of primary amides is 1. The molecule has 0 bridgehead atoms. The monoisotopic (exact) mass is 196 g/mol. The van der Waals surface area contributed by atoms with Crippen LogP contribution in [0, 0.1) is 0 Å². The van der Waals surface area contributed by atoms with Crippen molar-refractivity contribution in [2.75, 3.05) is 0 Å². The molecule has 1 aromatic heterocycles. The Morgan fingerprint density at radius 1 is 1.71 bits per heavy atom. The van der Waals surface area contributed by atoms with E-state index in [9.17, 15) is 4.79 Å². The molecule has 0 radical (unpaired) electrons. The fraction of sp³-hybridized carbons (Fsp3) is 0.556. The summed E-state index contributed by atoms with van der Waals surface area (Å²) in [6, 6.07) is -0.337. The number of aromatic nitrogens is 2. The standard InChI is InChI=1S/C9H16N4O/c1-3-8-6(5-13(2)12-8)7(10)4-9(11)14/h5,7H,3-4,10H2,1-2H3,(H2,11,14)/t7-/m0/s1. The van der Waals surface area contributed by atoms with Crippen molar-refractivity contribution in [3.8, 4) is 0 Å². The van der Waals surface area contributed by atoms with E-state index in [0.29, 0.717) is 0 Å². The zero-order chi connectivity index (χ0) is 10.7. The van der Waals surface area contributed by atoms with Gasteiger partial charge in [-0.05, 0) is 6.42 Å². The van der Waals surface area contributed by atoms with E-state index in [0.717, 1.165) is 17.7 Å². The number of carbonyl (C=O) groups excluding carboxylic acids is 1. The van der Waals surface area contributed by atoms with Crippen molar-refractivity contribution in [2.45, 2.75) is 25.8 Å². The third-order valence-electron chi connectivity index (χ3n) is 2.09. The molecule has 0 aromatic carbocycles. The SMILES string of the molecule is CCc1nn(C)cc1[C@@H](N)CC(N)=O. The molecule has 0 fully saturated rings. The average Bonchev–Trinajstić information content (AvgIpc) is 2.45. The second kappa shape index (κ2) is 4.23. The topological polar surface area (TPSA) is 86.9 Å². The van der Waals surface area contributed by atoms with Crippen molar-refractivity contribution in [3.05, 3.63) is 17.5 Å². The second-order valence-corrected chi connectivity index (χ2v) is 3.34. The number of nitrogens with two attached hydrogens (primary N) is 2. The molecule has 0 spiro atoms. The number of aryl methyl sites for hydroxylation is 2. The molecule has 0 aliphatic heterocycles. The van der Waals surface area contributed by atoms with Gasteiger partial charge in [0.2, 0.25) is 5.91 Å². The van der Waals surface area contributed by atoms with Crippen LogP contribution in [0.1, 0.15) is 30.6 Å². The van der Waals surface area contributed by atoms with Crippen LogP contribution in [0.5, 0.6) is 0 Å². The molecule has 4 N–H and O–H groups in total. The normalized spacial score (nSPS) is 12.8. The lowest BCUT2D eigenvalue weighted by atomic mass is 10.0. The van der Waals surface area contributed by atoms with E-state index in [4.69, 9.17) is 11.5 Å². The van der Waals surface area contributed by atoms with E-state index in [2.05, 4.69) is 5.10 Å². The summed E-state index contributed by atoms with van der Waals surface area (Å²) >= 11 is 0. The minimum atomic E-state index is -0.386. The van der Waals surface area contributed by atoms with Gasteiger partial charge >= 0.3 is 0 Å². The van der Waals surface area contributed by atoms with Crippen molar-refractivity contribution >= 4 is 5.91 Å². The Bertz CT molecular complexity index is 332. The van der Waals surface area contributed by atoms with Gasteiger partial charge in [-0.2, -0.15) is 5.10 Å². The molecule has 5 nitrogen and oxygen atoms in total. The summed E-state index contributed by atoms with van der Waals surface area (Å²) in [5.74, 6) is -0.386. The van der Waals surface area contributed by atoms with Gasteiger partial charge < -0.3 is 11.5 Å². The summed E-state index contributed by atoms with van der Waals surface area (Å²) in [5.41, 5.74) is 12.8. The molecule has 0 saturated carbocycles. The summed E-state index contributed by atoms with van der Waals surface area (Å²) in [6.45, 7) is 2.00. The molecule has 0 aliphatic carbocycles. The fourth-order valence-corrected chi connectivity index (χ4v) is 1.46. The predicted molar refractivity (Wildman–Crippen MR) is 53.3 cm³/mol. The van der Waals surface area contributed by atoms with Crippen LogP contribution in [0.25, 0.3) is 0 Å². The van der Waals surface area contributed by atoms with Crippen molar-refractivity contribution < 1.29 is 4.79 Å². The lowest BCUT2D eigenvalue weighted by Gasteiger charge is -2.07. The Kier molecular flexibility index (Phi) is 3.24. The summed E-state index contributed by atoms with van der Waals surface area (Å²) < 4.78 is 1.70. The smallest absolute Gasteiger partial charge is 0.219 e. The Morgan fingerprint density at radius 2 is 2.36 bits per heavy atom. The first-order valence-corrected chi connectivity index (χ1v) is 4.60. The Balaban J connectivity index is 2.87. The van der Waals surface area contributed by atoms with Gasteiger partial charge in [-0.15, -0.1) is 0 Å². The summed E-state index contributed by atoms with van der Waals surface area (Å²) in [7, 11) is 1.83. The van der Waals surface area contributed by atoms with E-state index >= 15 is 0 Å². The van der Waals surface area contributed by atoms with E-state index in [1.807, 2.05) is 20.2 Å². The van der Waals surface area contributed by atoms with E-state index in [-0.39, 0.29) is 18.4 Å². The molecule has 5 heteroatoms. The van der Waals surface area contributed by atoms with Gasteiger partial charge in [0.1, 0.15) is 0 Å². The lowest BCUT2D eigenvalue weighted by Crippen LogP contribution is -2.21. The molecule has 14 heavy (non-hydrogen) atoms. The molecular formula is C9H16N4O. The van der Waals surface area contributed by atoms with E-state index in [1.165, 1.54) is 0 Å².